The molecule has 0 aliphatic heterocycles. The van der Waals surface area contributed by atoms with Gasteiger partial charge in [0.25, 0.3) is 0 Å². The minimum Gasteiger partial charge on any atom is -0.489 e. The summed E-state index contributed by atoms with van der Waals surface area (Å²) in [5, 5.41) is 10.1. The van der Waals surface area contributed by atoms with Crippen molar-refractivity contribution in [3.63, 3.8) is 0 Å². The van der Waals surface area contributed by atoms with Crippen LogP contribution in [0.4, 0.5) is 0 Å². The third-order valence-corrected chi connectivity index (χ3v) is 2.97. The number of nitrogens with zero attached hydrogens (tertiary/aromatic N) is 2. The van der Waals surface area contributed by atoms with Crippen LogP contribution >= 0.6 is 0 Å². The number of pyridine rings is 1. The van der Waals surface area contributed by atoms with Crippen molar-refractivity contribution in [1.29, 1.82) is 5.26 Å². The Morgan fingerprint density at radius 1 is 1.26 bits per heavy atom. The highest BCUT2D eigenvalue weighted by Crippen LogP contribution is 2.29. The summed E-state index contributed by atoms with van der Waals surface area (Å²) in [4.78, 5) is 4.28. The van der Waals surface area contributed by atoms with Gasteiger partial charge in [0, 0.05) is 11.6 Å². The Kier molecular flexibility index (Phi) is 4.01. The van der Waals surface area contributed by atoms with Crippen molar-refractivity contribution in [3.8, 4) is 11.8 Å². The Hall–Kier alpha value is -2.08. The third-order valence-electron chi connectivity index (χ3n) is 2.97. The molecule has 0 spiro atoms. The van der Waals surface area contributed by atoms with Crippen LogP contribution in [0.3, 0.4) is 0 Å². The van der Waals surface area contributed by atoms with Gasteiger partial charge in [0.05, 0.1) is 11.6 Å². The van der Waals surface area contributed by atoms with Gasteiger partial charge in [-0.15, -0.1) is 0 Å². The average molecular weight is 254 g/mol. The van der Waals surface area contributed by atoms with E-state index in [1.807, 2.05) is 31.2 Å². The van der Waals surface area contributed by atoms with Crippen LogP contribution in [0.1, 0.15) is 32.8 Å². The normalized spacial score (nSPS) is 12.4. The zero-order chi connectivity index (χ0) is 13.8. The first kappa shape index (κ1) is 13.4. The second-order valence-electron chi connectivity index (χ2n) is 5.19. The Labute approximate surface area is 113 Å². The van der Waals surface area contributed by atoms with E-state index in [2.05, 4.69) is 24.9 Å². The average Bonchev–Trinajstić information content (AvgIpc) is 2.38. The number of aromatic nitrogens is 1. The second-order valence-corrected chi connectivity index (χ2v) is 5.19. The van der Waals surface area contributed by atoms with Gasteiger partial charge in [-0.3, -0.25) is 4.98 Å². The monoisotopic (exact) mass is 254 g/mol. The molecule has 3 heteroatoms. The van der Waals surface area contributed by atoms with E-state index >= 15 is 0 Å². The lowest BCUT2D eigenvalue weighted by Gasteiger charge is -2.18. The van der Waals surface area contributed by atoms with Gasteiger partial charge in [-0.2, -0.15) is 5.26 Å². The fourth-order valence-electron chi connectivity index (χ4n) is 2.24. The highest BCUT2D eigenvalue weighted by molar-refractivity contribution is 5.87. The Bertz CT molecular complexity index is 614. The quantitative estimate of drug-likeness (QED) is 0.830. The maximum Gasteiger partial charge on any atom is 0.148 e. The summed E-state index contributed by atoms with van der Waals surface area (Å²) in [5.74, 6) is 1.22. The minimum absolute atomic E-state index is 0.0814. The Morgan fingerprint density at radius 3 is 2.68 bits per heavy atom. The lowest BCUT2D eigenvalue weighted by atomic mass is 10.1. The molecule has 0 N–H and O–H groups in total. The predicted octanol–water partition coefficient (Wildman–Crippen LogP) is 3.92. The van der Waals surface area contributed by atoms with Crippen LogP contribution in [0.25, 0.3) is 10.9 Å². The van der Waals surface area contributed by atoms with Crippen molar-refractivity contribution in [1.82, 2.24) is 4.98 Å². The highest BCUT2D eigenvalue weighted by Gasteiger charge is 2.14. The molecule has 3 nitrogen and oxygen atoms in total. The SMILES string of the molecule is CC(C)CC(C)Oc1c(C#N)cnc2ccccc12. The molecule has 1 atom stereocenters. The molecule has 1 aromatic carbocycles. The molecule has 98 valence electrons. The molecule has 1 unspecified atom stereocenters. The molecule has 0 saturated heterocycles. The summed E-state index contributed by atoms with van der Waals surface area (Å²) in [5.41, 5.74) is 1.35. The maximum atomic E-state index is 9.20. The third kappa shape index (κ3) is 3.03. The molecule has 19 heavy (non-hydrogen) atoms. The molecular weight excluding hydrogens is 236 g/mol. The van der Waals surface area contributed by atoms with Crippen molar-refractivity contribution in [2.45, 2.75) is 33.3 Å². The molecule has 0 radical (unpaired) electrons. The van der Waals surface area contributed by atoms with Crippen molar-refractivity contribution >= 4 is 10.9 Å². The standard InChI is InChI=1S/C16H18N2O/c1-11(2)8-12(3)19-16-13(9-17)10-18-15-7-5-4-6-14(15)16/h4-7,10-12H,8H2,1-3H3. The molecule has 2 rings (SSSR count). The number of benzene rings is 1. The van der Waals surface area contributed by atoms with Crippen LogP contribution in [0.2, 0.25) is 0 Å². The molecular formula is C16H18N2O. The summed E-state index contributed by atoms with van der Waals surface area (Å²) in [7, 11) is 0. The summed E-state index contributed by atoms with van der Waals surface area (Å²) >= 11 is 0. The molecule has 0 saturated carbocycles. The Balaban J connectivity index is 2.42. The number of para-hydroxylation sites is 1. The molecule has 0 amide bonds. The maximum absolute atomic E-state index is 9.20. The van der Waals surface area contributed by atoms with Crippen molar-refractivity contribution in [2.75, 3.05) is 0 Å². The van der Waals surface area contributed by atoms with Gasteiger partial charge < -0.3 is 4.74 Å². The van der Waals surface area contributed by atoms with Gasteiger partial charge in [-0.25, -0.2) is 0 Å². The molecule has 0 aliphatic rings. The summed E-state index contributed by atoms with van der Waals surface area (Å²) < 4.78 is 6.00. The van der Waals surface area contributed by atoms with E-state index in [9.17, 15) is 5.26 Å². The number of rotatable bonds is 4. The first-order valence-corrected chi connectivity index (χ1v) is 6.56. The minimum atomic E-state index is 0.0814. The van der Waals surface area contributed by atoms with Crippen molar-refractivity contribution in [3.05, 3.63) is 36.0 Å². The van der Waals surface area contributed by atoms with Gasteiger partial charge in [0.15, 0.2) is 0 Å². The lowest BCUT2D eigenvalue weighted by Crippen LogP contribution is -2.15. The van der Waals surface area contributed by atoms with Crippen LogP contribution in [-0.2, 0) is 0 Å². The number of hydrogen-bond donors (Lipinski definition) is 0. The van der Waals surface area contributed by atoms with Crippen LogP contribution in [0.5, 0.6) is 5.75 Å². The van der Waals surface area contributed by atoms with E-state index in [0.717, 1.165) is 17.3 Å². The van der Waals surface area contributed by atoms with Crippen LogP contribution in [0.15, 0.2) is 30.5 Å². The molecule has 1 heterocycles. The highest BCUT2D eigenvalue weighted by atomic mass is 16.5. The van der Waals surface area contributed by atoms with E-state index in [4.69, 9.17) is 4.74 Å². The van der Waals surface area contributed by atoms with Crippen LogP contribution < -0.4 is 4.74 Å². The number of ether oxygens (including phenoxy) is 1. The van der Waals surface area contributed by atoms with Crippen LogP contribution in [-0.4, -0.2) is 11.1 Å². The fraction of sp³-hybridized carbons (Fsp3) is 0.375. The summed E-state index contributed by atoms with van der Waals surface area (Å²) in [6.07, 6.45) is 2.62. The zero-order valence-corrected chi connectivity index (χ0v) is 11.6. The number of fused-ring (bicyclic) bond motifs is 1. The fourth-order valence-corrected chi connectivity index (χ4v) is 2.24. The first-order valence-electron chi connectivity index (χ1n) is 6.56. The van der Waals surface area contributed by atoms with E-state index in [0.29, 0.717) is 17.2 Å². The van der Waals surface area contributed by atoms with Gasteiger partial charge in [-0.05, 0) is 31.4 Å². The molecule has 1 aromatic heterocycles. The largest absolute Gasteiger partial charge is 0.489 e. The van der Waals surface area contributed by atoms with Crippen molar-refractivity contribution < 1.29 is 4.74 Å². The van der Waals surface area contributed by atoms with Crippen molar-refractivity contribution in [2.24, 2.45) is 5.92 Å². The predicted molar refractivity (Wildman–Crippen MR) is 76.0 cm³/mol. The molecule has 2 aromatic rings. The summed E-state index contributed by atoms with van der Waals surface area (Å²) in [6, 6.07) is 9.90. The number of nitriles is 1. The van der Waals surface area contributed by atoms with Gasteiger partial charge >= 0.3 is 0 Å². The summed E-state index contributed by atoms with van der Waals surface area (Å²) in [6.45, 7) is 6.36. The van der Waals surface area contributed by atoms with Gasteiger partial charge in [0.2, 0.25) is 0 Å². The molecule has 0 bridgehead atoms. The molecule has 0 fully saturated rings. The van der Waals surface area contributed by atoms with Gasteiger partial charge in [-0.1, -0.05) is 26.0 Å². The second kappa shape index (κ2) is 5.71. The van der Waals surface area contributed by atoms with Gasteiger partial charge in [0.1, 0.15) is 17.4 Å². The smallest absolute Gasteiger partial charge is 0.148 e. The van der Waals surface area contributed by atoms with E-state index < -0.39 is 0 Å². The van der Waals surface area contributed by atoms with E-state index in [1.54, 1.807) is 6.20 Å². The van der Waals surface area contributed by atoms with E-state index in [-0.39, 0.29) is 6.10 Å². The first-order chi connectivity index (χ1) is 9.11. The van der Waals surface area contributed by atoms with E-state index in [1.165, 1.54) is 0 Å². The number of hydrogen-bond acceptors (Lipinski definition) is 3. The topological polar surface area (TPSA) is 45.9 Å². The Morgan fingerprint density at radius 2 is 2.00 bits per heavy atom. The lowest BCUT2D eigenvalue weighted by molar-refractivity contribution is 0.195. The zero-order valence-electron chi connectivity index (χ0n) is 11.6. The molecule has 0 aliphatic carbocycles. The van der Waals surface area contributed by atoms with Crippen LogP contribution in [0, 0.1) is 17.2 Å².